The van der Waals surface area contributed by atoms with E-state index in [-0.39, 0.29) is 12.5 Å². The first kappa shape index (κ1) is 11.7. The second kappa shape index (κ2) is 6.15. The summed E-state index contributed by atoms with van der Waals surface area (Å²) in [7, 11) is 1.51. The van der Waals surface area contributed by atoms with E-state index in [1.165, 1.54) is 7.11 Å². The SMILES string of the molecule is COCC(N)C(=O)NCCn1ccnc1. The summed E-state index contributed by atoms with van der Waals surface area (Å²) in [6, 6.07) is -0.599. The lowest BCUT2D eigenvalue weighted by atomic mass is 10.3. The molecule has 1 amide bonds. The number of ether oxygens (including phenoxy) is 1. The van der Waals surface area contributed by atoms with E-state index in [2.05, 4.69) is 10.3 Å². The average Bonchev–Trinajstić information content (AvgIpc) is 2.71. The lowest BCUT2D eigenvalue weighted by Gasteiger charge is -2.11. The van der Waals surface area contributed by atoms with Gasteiger partial charge in [0.05, 0.1) is 12.9 Å². The highest BCUT2D eigenvalue weighted by molar-refractivity contribution is 5.81. The Labute approximate surface area is 88.4 Å². The molecule has 0 spiro atoms. The predicted molar refractivity (Wildman–Crippen MR) is 55.1 cm³/mol. The summed E-state index contributed by atoms with van der Waals surface area (Å²) in [6.45, 7) is 1.45. The number of hydrogen-bond donors (Lipinski definition) is 2. The van der Waals surface area contributed by atoms with E-state index in [9.17, 15) is 4.79 Å². The molecule has 6 heteroatoms. The number of amides is 1. The van der Waals surface area contributed by atoms with Gasteiger partial charge < -0.3 is 20.4 Å². The zero-order valence-electron chi connectivity index (χ0n) is 8.72. The number of imidazole rings is 1. The Morgan fingerprint density at radius 2 is 2.53 bits per heavy atom. The minimum atomic E-state index is -0.599. The van der Waals surface area contributed by atoms with Crippen LogP contribution in [0.15, 0.2) is 18.7 Å². The fraction of sp³-hybridized carbons (Fsp3) is 0.556. The number of carbonyl (C=O) groups is 1. The fourth-order valence-corrected chi connectivity index (χ4v) is 1.11. The Morgan fingerprint density at radius 3 is 3.13 bits per heavy atom. The smallest absolute Gasteiger partial charge is 0.239 e. The maximum Gasteiger partial charge on any atom is 0.239 e. The van der Waals surface area contributed by atoms with Crippen molar-refractivity contribution in [3.8, 4) is 0 Å². The second-order valence-corrected chi connectivity index (χ2v) is 3.15. The van der Waals surface area contributed by atoms with Crippen molar-refractivity contribution < 1.29 is 9.53 Å². The molecule has 0 aromatic carbocycles. The minimum absolute atomic E-state index is 0.197. The third-order valence-corrected chi connectivity index (χ3v) is 1.91. The highest BCUT2D eigenvalue weighted by Crippen LogP contribution is 1.85. The van der Waals surface area contributed by atoms with Gasteiger partial charge in [0, 0.05) is 32.6 Å². The number of nitrogens with two attached hydrogens (primary N) is 1. The molecule has 0 fully saturated rings. The highest BCUT2D eigenvalue weighted by atomic mass is 16.5. The third kappa shape index (κ3) is 4.09. The largest absolute Gasteiger partial charge is 0.383 e. The monoisotopic (exact) mass is 212 g/mol. The van der Waals surface area contributed by atoms with Crippen molar-refractivity contribution in [2.45, 2.75) is 12.6 Å². The number of carbonyl (C=O) groups excluding carboxylic acids is 1. The van der Waals surface area contributed by atoms with Crippen LogP contribution in [0.3, 0.4) is 0 Å². The van der Waals surface area contributed by atoms with E-state index < -0.39 is 6.04 Å². The topological polar surface area (TPSA) is 82.2 Å². The molecule has 6 nitrogen and oxygen atoms in total. The van der Waals surface area contributed by atoms with Crippen molar-refractivity contribution in [3.63, 3.8) is 0 Å². The molecule has 84 valence electrons. The third-order valence-electron chi connectivity index (χ3n) is 1.91. The van der Waals surface area contributed by atoms with Crippen molar-refractivity contribution in [3.05, 3.63) is 18.7 Å². The molecule has 0 bridgehead atoms. The Bertz CT molecular complexity index is 286. The summed E-state index contributed by atoms with van der Waals surface area (Å²) >= 11 is 0. The van der Waals surface area contributed by atoms with Gasteiger partial charge in [-0.3, -0.25) is 4.79 Å². The fourth-order valence-electron chi connectivity index (χ4n) is 1.11. The van der Waals surface area contributed by atoms with Crippen molar-refractivity contribution in [1.82, 2.24) is 14.9 Å². The van der Waals surface area contributed by atoms with Gasteiger partial charge in [-0.2, -0.15) is 0 Å². The summed E-state index contributed by atoms with van der Waals surface area (Å²) in [5.74, 6) is -0.197. The number of hydrogen-bond acceptors (Lipinski definition) is 4. The normalized spacial score (nSPS) is 12.4. The van der Waals surface area contributed by atoms with E-state index in [0.29, 0.717) is 13.1 Å². The zero-order chi connectivity index (χ0) is 11.1. The van der Waals surface area contributed by atoms with E-state index in [0.717, 1.165) is 0 Å². The van der Waals surface area contributed by atoms with Crippen LogP contribution in [0.1, 0.15) is 0 Å². The van der Waals surface area contributed by atoms with Gasteiger partial charge in [0.15, 0.2) is 0 Å². The van der Waals surface area contributed by atoms with Gasteiger partial charge in [0.1, 0.15) is 6.04 Å². The Hall–Kier alpha value is -1.40. The number of aromatic nitrogens is 2. The quantitative estimate of drug-likeness (QED) is 0.632. The Kier molecular flexibility index (Phi) is 4.79. The molecule has 1 unspecified atom stereocenters. The van der Waals surface area contributed by atoms with Crippen LogP contribution in [-0.2, 0) is 16.1 Å². The van der Waals surface area contributed by atoms with Crippen molar-refractivity contribution >= 4 is 5.91 Å². The molecular weight excluding hydrogens is 196 g/mol. The van der Waals surface area contributed by atoms with Gasteiger partial charge in [-0.05, 0) is 0 Å². The molecule has 1 rings (SSSR count). The number of nitrogens with zero attached hydrogens (tertiary/aromatic N) is 2. The number of rotatable bonds is 6. The lowest BCUT2D eigenvalue weighted by Crippen LogP contribution is -2.44. The molecule has 1 heterocycles. The van der Waals surface area contributed by atoms with Gasteiger partial charge in [-0.15, -0.1) is 0 Å². The molecule has 0 aliphatic rings. The van der Waals surface area contributed by atoms with E-state index in [1.54, 1.807) is 12.5 Å². The number of nitrogens with one attached hydrogen (secondary N) is 1. The number of methoxy groups -OCH3 is 1. The van der Waals surface area contributed by atoms with Gasteiger partial charge in [-0.1, -0.05) is 0 Å². The molecule has 0 saturated heterocycles. The lowest BCUT2D eigenvalue weighted by molar-refractivity contribution is -0.123. The van der Waals surface area contributed by atoms with Gasteiger partial charge >= 0.3 is 0 Å². The van der Waals surface area contributed by atoms with Gasteiger partial charge in [0.2, 0.25) is 5.91 Å². The van der Waals surface area contributed by atoms with E-state index in [4.69, 9.17) is 10.5 Å². The van der Waals surface area contributed by atoms with Crippen molar-refractivity contribution in [2.24, 2.45) is 5.73 Å². The molecule has 1 aromatic rings. The minimum Gasteiger partial charge on any atom is -0.383 e. The highest BCUT2D eigenvalue weighted by Gasteiger charge is 2.11. The molecule has 0 saturated carbocycles. The molecular formula is C9H16N4O2. The summed E-state index contributed by atoms with van der Waals surface area (Å²) in [5.41, 5.74) is 5.53. The van der Waals surface area contributed by atoms with Gasteiger partial charge in [-0.25, -0.2) is 4.98 Å². The van der Waals surface area contributed by atoms with Crippen LogP contribution in [0.25, 0.3) is 0 Å². The van der Waals surface area contributed by atoms with Crippen LogP contribution in [0.2, 0.25) is 0 Å². The summed E-state index contributed by atoms with van der Waals surface area (Å²) in [5, 5.41) is 2.71. The van der Waals surface area contributed by atoms with Crippen molar-refractivity contribution in [2.75, 3.05) is 20.3 Å². The molecule has 0 radical (unpaired) electrons. The molecule has 15 heavy (non-hydrogen) atoms. The Balaban J connectivity index is 2.17. The van der Waals surface area contributed by atoms with E-state index >= 15 is 0 Å². The molecule has 3 N–H and O–H groups in total. The predicted octanol–water partition coefficient (Wildman–Crippen LogP) is -1.03. The first-order valence-corrected chi connectivity index (χ1v) is 4.72. The van der Waals surface area contributed by atoms with Crippen LogP contribution in [0.4, 0.5) is 0 Å². The maximum atomic E-state index is 11.3. The average molecular weight is 212 g/mol. The summed E-state index contributed by atoms with van der Waals surface area (Å²) in [4.78, 5) is 15.2. The molecule has 1 aromatic heterocycles. The van der Waals surface area contributed by atoms with Crippen LogP contribution in [0.5, 0.6) is 0 Å². The van der Waals surface area contributed by atoms with Crippen molar-refractivity contribution in [1.29, 1.82) is 0 Å². The second-order valence-electron chi connectivity index (χ2n) is 3.15. The van der Waals surface area contributed by atoms with E-state index in [1.807, 2.05) is 10.8 Å². The Morgan fingerprint density at radius 1 is 1.73 bits per heavy atom. The van der Waals surface area contributed by atoms with Crippen LogP contribution in [0, 0.1) is 0 Å². The van der Waals surface area contributed by atoms with Gasteiger partial charge in [0.25, 0.3) is 0 Å². The molecule has 0 aliphatic heterocycles. The summed E-state index contributed by atoms with van der Waals surface area (Å²) in [6.07, 6.45) is 5.22. The van der Waals surface area contributed by atoms with Crippen LogP contribution < -0.4 is 11.1 Å². The zero-order valence-corrected chi connectivity index (χ0v) is 8.72. The van der Waals surface area contributed by atoms with Crippen LogP contribution >= 0.6 is 0 Å². The first-order valence-electron chi connectivity index (χ1n) is 4.72. The molecule has 1 atom stereocenters. The van der Waals surface area contributed by atoms with Crippen LogP contribution in [-0.4, -0.2) is 41.8 Å². The standard InChI is InChI=1S/C9H16N4O2/c1-15-6-8(10)9(14)12-3-5-13-4-2-11-7-13/h2,4,7-8H,3,5-6,10H2,1H3,(H,12,14). The summed E-state index contributed by atoms with van der Waals surface area (Å²) < 4.78 is 6.65. The maximum absolute atomic E-state index is 11.3. The molecule has 0 aliphatic carbocycles. The first-order chi connectivity index (χ1) is 7.24.